The number of hydrogen-bond donors (Lipinski definition) is 2. The molecule has 0 spiro atoms. The number of carbonyl (C=O) groups is 2. The van der Waals surface area contributed by atoms with Crippen LogP contribution in [-0.4, -0.2) is 39.0 Å². The van der Waals surface area contributed by atoms with Gasteiger partial charge in [-0.25, -0.2) is 14.8 Å². The van der Waals surface area contributed by atoms with E-state index >= 15 is 0 Å². The van der Waals surface area contributed by atoms with Gasteiger partial charge in [-0.15, -0.1) is 0 Å². The highest BCUT2D eigenvalue weighted by molar-refractivity contribution is 6.13. The normalized spacial score (nSPS) is 18.7. The first kappa shape index (κ1) is 20.2. The molecule has 1 fully saturated rings. The molecular formula is C18H16F3N5O3. The molecule has 0 bridgehead atoms. The number of nitrogens with zero attached hydrogens (tertiary/aromatic N) is 4. The fraction of sp³-hybridized carbons (Fsp3) is 0.278. The van der Waals surface area contributed by atoms with E-state index in [1.807, 2.05) is 0 Å². The summed E-state index contributed by atoms with van der Waals surface area (Å²) < 4.78 is 39.4. The number of anilines is 1. The molecule has 29 heavy (non-hydrogen) atoms. The lowest BCUT2D eigenvalue weighted by molar-refractivity contribution is -0.140. The van der Waals surface area contributed by atoms with Gasteiger partial charge in [-0.2, -0.15) is 18.2 Å². The van der Waals surface area contributed by atoms with Crippen molar-refractivity contribution >= 4 is 29.5 Å². The molecule has 0 unspecified atom stereocenters. The Labute approximate surface area is 163 Å². The Bertz CT molecular complexity index is 986. The third kappa shape index (κ3) is 4.50. The lowest BCUT2D eigenvalue weighted by Gasteiger charge is -2.35. The second-order valence-electron chi connectivity index (χ2n) is 6.41. The highest BCUT2D eigenvalue weighted by Gasteiger charge is 2.38. The summed E-state index contributed by atoms with van der Waals surface area (Å²) in [5.74, 6) is -2.34. The molecule has 1 atom stereocenters. The van der Waals surface area contributed by atoms with Gasteiger partial charge < -0.3 is 5.11 Å². The first-order valence-corrected chi connectivity index (χ1v) is 8.45. The van der Waals surface area contributed by atoms with Crippen molar-refractivity contribution in [1.82, 2.24) is 15.3 Å². The Morgan fingerprint density at radius 3 is 2.48 bits per heavy atom. The fourth-order valence-corrected chi connectivity index (χ4v) is 2.92. The lowest BCUT2D eigenvalue weighted by atomic mass is 10.1. The van der Waals surface area contributed by atoms with Crippen LogP contribution in [0.15, 0.2) is 35.3 Å². The van der Waals surface area contributed by atoms with Crippen molar-refractivity contribution in [1.29, 1.82) is 0 Å². The van der Waals surface area contributed by atoms with E-state index < -0.39 is 36.1 Å². The summed E-state index contributed by atoms with van der Waals surface area (Å²) in [4.78, 5) is 37.1. The van der Waals surface area contributed by atoms with Crippen LogP contribution in [0.5, 0.6) is 0 Å². The van der Waals surface area contributed by atoms with E-state index in [9.17, 15) is 27.9 Å². The molecule has 2 N–H and O–H groups in total. The number of carboxylic acid groups (broad SMARTS) is 1. The zero-order valence-corrected chi connectivity index (χ0v) is 15.4. The molecule has 152 valence electrons. The zero-order valence-electron chi connectivity index (χ0n) is 15.4. The fourth-order valence-electron chi connectivity index (χ4n) is 2.92. The number of guanidine groups is 1. The van der Waals surface area contributed by atoms with Gasteiger partial charge >= 0.3 is 12.1 Å². The second kappa shape index (κ2) is 7.49. The summed E-state index contributed by atoms with van der Waals surface area (Å²) in [6.07, 6.45) is -5.08. The standard InChI is InChI=1S/C18H16F3N5O3/c1-9-6-10(2)23-16(22-9)25-17-24-14(27)8-13(15(28)29)26(17)12-5-3-4-11(7-12)18(19,20)21/h3-7,13H,8H2,1-2H3,(H,28,29)(H,22,23,24,25,27)/t13-/m0/s1. The number of benzene rings is 1. The minimum Gasteiger partial charge on any atom is -0.480 e. The molecule has 2 heterocycles. The van der Waals surface area contributed by atoms with Crippen LogP contribution in [0, 0.1) is 13.8 Å². The van der Waals surface area contributed by atoms with Crippen molar-refractivity contribution in [3.63, 3.8) is 0 Å². The van der Waals surface area contributed by atoms with Crippen molar-refractivity contribution in [2.75, 3.05) is 4.90 Å². The van der Waals surface area contributed by atoms with Crippen LogP contribution in [0.4, 0.5) is 24.8 Å². The average Bonchev–Trinajstić information content (AvgIpc) is 2.59. The minimum absolute atomic E-state index is 0.0548. The number of aryl methyl sites for hydroxylation is 2. The molecule has 0 saturated carbocycles. The largest absolute Gasteiger partial charge is 0.480 e. The molecule has 11 heteroatoms. The van der Waals surface area contributed by atoms with Gasteiger partial charge in [0.15, 0.2) is 0 Å². The Morgan fingerprint density at radius 2 is 1.90 bits per heavy atom. The topological polar surface area (TPSA) is 108 Å². The van der Waals surface area contributed by atoms with Gasteiger partial charge in [0.1, 0.15) is 6.04 Å². The SMILES string of the molecule is Cc1cc(C)nc(/N=C2\NC(=O)C[C@@H](C(=O)O)N2c2cccc(C(F)(F)F)c2)n1. The maximum Gasteiger partial charge on any atom is 0.416 e. The summed E-state index contributed by atoms with van der Waals surface area (Å²) >= 11 is 0. The molecule has 1 aromatic heterocycles. The molecular weight excluding hydrogens is 391 g/mol. The molecule has 1 amide bonds. The number of halogens is 3. The zero-order chi connectivity index (χ0) is 21.3. The summed E-state index contributed by atoms with van der Waals surface area (Å²) in [7, 11) is 0. The molecule has 8 nitrogen and oxygen atoms in total. The van der Waals surface area contributed by atoms with Crippen LogP contribution < -0.4 is 10.2 Å². The monoisotopic (exact) mass is 407 g/mol. The van der Waals surface area contributed by atoms with Crippen LogP contribution in [0.2, 0.25) is 0 Å². The van der Waals surface area contributed by atoms with Crippen LogP contribution in [-0.2, 0) is 15.8 Å². The molecule has 0 radical (unpaired) electrons. The van der Waals surface area contributed by atoms with Gasteiger partial charge in [0.05, 0.1) is 12.0 Å². The summed E-state index contributed by atoms with van der Waals surface area (Å²) in [5, 5.41) is 12.0. The van der Waals surface area contributed by atoms with E-state index in [1.54, 1.807) is 19.9 Å². The van der Waals surface area contributed by atoms with Gasteiger partial charge in [0, 0.05) is 17.1 Å². The minimum atomic E-state index is -4.62. The number of aromatic nitrogens is 2. The van der Waals surface area contributed by atoms with Crippen LogP contribution in [0.25, 0.3) is 0 Å². The molecule has 3 rings (SSSR count). The predicted octanol–water partition coefficient (Wildman–Crippen LogP) is 2.58. The van der Waals surface area contributed by atoms with Crippen molar-refractivity contribution in [3.8, 4) is 0 Å². The number of aliphatic carboxylic acids is 1. The molecule has 1 aliphatic rings. The third-order valence-electron chi connectivity index (χ3n) is 4.08. The number of aliphatic imine (C=N–C) groups is 1. The number of carbonyl (C=O) groups excluding carboxylic acids is 1. The van der Waals surface area contributed by atoms with E-state index in [1.165, 1.54) is 6.07 Å². The number of amides is 1. The maximum atomic E-state index is 13.1. The van der Waals surface area contributed by atoms with Crippen LogP contribution in [0.1, 0.15) is 23.4 Å². The van der Waals surface area contributed by atoms with Gasteiger partial charge in [-0.1, -0.05) is 6.07 Å². The summed E-state index contributed by atoms with van der Waals surface area (Å²) in [6, 6.07) is 4.36. The third-order valence-corrected chi connectivity index (χ3v) is 4.08. The Morgan fingerprint density at radius 1 is 1.24 bits per heavy atom. The van der Waals surface area contributed by atoms with Crippen molar-refractivity contribution in [2.24, 2.45) is 4.99 Å². The van der Waals surface area contributed by atoms with Crippen LogP contribution >= 0.6 is 0 Å². The number of carboxylic acids is 1. The predicted molar refractivity (Wildman–Crippen MR) is 96.7 cm³/mol. The van der Waals surface area contributed by atoms with Gasteiger partial charge in [-0.3, -0.25) is 15.0 Å². The molecule has 0 aliphatic carbocycles. The number of nitrogens with one attached hydrogen (secondary N) is 1. The molecule has 1 saturated heterocycles. The number of hydrogen-bond acceptors (Lipinski definition) is 5. The first-order valence-electron chi connectivity index (χ1n) is 8.45. The average molecular weight is 407 g/mol. The maximum absolute atomic E-state index is 13.1. The van der Waals surface area contributed by atoms with Crippen molar-refractivity contribution in [3.05, 3.63) is 47.3 Å². The number of alkyl halides is 3. The highest BCUT2D eigenvalue weighted by Crippen LogP contribution is 2.33. The lowest BCUT2D eigenvalue weighted by Crippen LogP contribution is -2.58. The smallest absolute Gasteiger partial charge is 0.416 e. The second-order valence-corrected chi connectivity index (χ2v) is 6.41. The Kier molecular flexibility index (Phi) is 5.23. The van der Waals surface area contributed by atoms with Gasteiger partial charge in [0.2, 0.25) is 11.9 Å². The van der Waals surface area contributed by atoms with Crippen molar-refractivity contribution in [2.45, 2.75) is 32.5 Å². The quantitative estimate of drug-likeness (QED) is 0.810. The van der Waals surface area contributed by atoms with Crippen molar-refractivity contribution < 1.29 is 27.9 Å². The van der Waals surface area contributed by atoms with E-state index in [-0.39, 0.29) is 17.6 Å². The Hall–Kier alpha value is -3.50. The van der Waals surface area contributed by atoms with E-state index in [2.05, 4.69) is 20.3 Å². The highest BCUT2D eigenvalue weighted by atomic mass is 19.4. The molecule has 2 aromatic rings. The van der Waals surface area contributed by atoms with E-state index in [0.29, 0.717) is 11.4 Å². The molecule has 1 aliphatic heterocycles. The van der Waals surface area contributed by atoms with Crippen LogP contribution in [0.3, 0.4) is 0 Å². The molecule has 1 aromatic carbocycles. The summed E-state index contributed by atoms with van der Waals surface area (Å²) in [5.41, 5.74) is 0.118. The number of rotatable bonds is 3. The van der Waals surface area contributed by atoms with E-state index in [0.717, 1.165) is 23.1 Å². The summed E-state index contributed by atoms with van der Waals surface area (Å²) in [6.45, 7) is 3.39. The van der Waals surface area contributed by atoms with Gasteiger partial charge in [-0.05, 0) is 38.1 Å². The van der Waals surface area contributed by atoms with Gasteiger partial charge in [0.25, 0.3) is 5.95 Å². The van der Waals surface area contributed by atoms with E-state index in [4.69, 9.17) is 0 Å². The first-order chi connectivity index (χ1) is 13.5. The Balaban J connectivity index is 2.15.